The molecule has 2 aromatic carbocycles. The first-order valence-electron chi connectivity index (χ1n) is 9.27. The molecule has 0 fully saturated rings. The van der Waals surface area contributed by atoms with Gasteiger partial charge in [-0.3, -0.25) is 0 Å². The molecular formula is C21H18N4O5S. The number of carbonyl (C=O) groups is 1. The molecule has 0 aliphatic rings. The Hall–Kier alpha value is -3.66. The Bertz CT molecular complexity index is 1170. The van der Waals surface area contributed by atoms with Gasteiger partial charge in [-0.05, 0) is 43.3 Å². The van der Waals surface area contributed by atoms with Crippen LogP contribution in [-0.2, 0) is 17.1 Å². The second-order valence-corrected chi connectivity index (χ2v) is 7.35. The van der Waals surface area contributed by atoms with Crippen LogP contribution in [0.4, 0.5) is 0 Å². The number of aromatic nitrogens is 4. The standard InChI is InChI=1S/C21H18N4O5S/c1-13-22-19(30-24-13)12-31-17-6-4-3-5-16(17)21(26)28-11-18-23-20(25-29-18)14-7-9-15(27-2)10-8-14/h3-10H,11-12H2,1-2H3. The second-order valence-electron chi connectivity index (χ2n) is 6.34. The fourth-order valence-corrected chi connectivity index (χ4v) is 3.55. The van der Waals surface area contributed by atoms with Crippen molar-refractivity contribution in [2.75, 3.05) is 7.11 Å². The van der Waals surface area contributed by atoms with Gasteiger partial charge >= 0.3 is 5.97 Å². The van der Waals surface area contributed by atoms with Crippen molar-refractivity contribution in [3.8, 4) is 17.1 Å². The van der Waals surface area contributed by atoms with E-state index in [9.17, 15) is 4.79 Å². The third-order valence-electron chi connectivity index (χ3n) is 4.17. The molecule has 0 bridgehead atoms. The average Bonchev–Trinajstić information content (AvgIpc) is 3.45. The SMILES string of the molecule is COc1ccc(-c2noc(COC(=O)c3ccccc3SCc3nc(C)no3)n2)cc1. The lowest BCUT2D eigenvalue weighted by atomic mass is 10.2. The minimum atomic E-state index is -0.492. The number of methoxy groups -OCH3 is 1. The Morgan fingerprint density at radius 1 is 1.00 bits per heavy atom. The zero-order valence-corrected chi connectivity index (χ0v) is 17.6. The van der Waals surface area contributed by atoms with Crippen molar-refractivity contribution in [1.82, 2.24) is 20.3 Å². The van der Waals surface area contributed by atoms with E-state index < -0.39 is 5.97 Å². The minimum Gasteiger partial charge on any atom is -0.497 e. The molecular weight excluding hydrogens is 420 g/mol. The summed E-state index contributed by atoms with van der Waals surface area (Å²) in [6.45, 7) is 1.62. The fraction of sp³-hybridized carbons (Fsp3) is 0.190. The van der Waals surface area contributed by atoms with E-state index in [4.69, 9.17) is 18.5 Å². The third-order valence-corrected chi connectivity index (χ3v) is 5.23. The Morgan fingerprint density at radius 3 is 2.52 bits per heavy atom. The molecule has 0 saturated carbocycles. The molecule has 4 aromatic rings. The normalized spacial score (nSPS) is 10.8. The molecule has 10 heteroatoms. The van der Waals surface area contributed by atoms with Gasteiger partial charge in [0, 0.05) is 10.5 Å². The Morgan fingerprint density at radius 2 is 1.77 bits per heavy atom. The highest BCUT2D eigenvalue weighted by molar-refractivity contribution is 7.98. The Kier molecular flexibility index (Phi) is 6.27. The summed E-state index contributed by atoms with van der Waals surface area (Å²) in [6.07, 6.45) is 0. The molecule has 0 radical (unpaired) electrons. The van der Waals surface area contributed by atoms with Gasteiger partial charge in [0.1, 0.15) is 5.75 Å². The van der Waals surface area contributed by atoms with Gasteiger partial charge < -0.3 is 18.5 Å². The number of thioether (sulfide) groups is 1. The summed E-state index contributed by atoms with van der Waals surface area (Å²) in [4.78, 5) is 21.8. The zero-order valence-electron chi connectivity index (χ0n) is 16.8. The molecule has 9 nitrogen and oxygen atoms in total. The molecule has 0 amide bonds. The van der Waals surface area contributed by atoms with Crippen LogP contribution in [0.1, 0.15) is 28.0 Å². The molecule has 0 atom stereocenters. The van der Waals surface area contributed by atoms with Gasteiger partial charge in [0.15, 0.2) is 12.4 Å². The summed E-state index contributed by atoms with van der Waals surface area (Å²) in [7, 11) is 1.60. The van der Waals surface area contributed by atoms with E-state index in [0.29, 0.717) is 28.9 Å². The number of carbonyl (C=O) groups excluding carboxylic acids is 1. The van der Waals surface area contributed by atoms with Gasteiger partial charge in [-0.2, -0.15) is 9.97 Å². The summed E-state index contributed by atoms with van der Waals surface area (Å²) in [5, 5.41) is 7.69. The smallest absolute Gasteiger partial charge is 0.339 e. The third kappa shape index (κ3) is 5.10. The molecule has 4 rings (SSSR count). The van der Waals surface area contributed by atoms with Gasteiger partial charge in [-0.1, -0.05) is 22.4 Å². The highest BCUT2D eigenvalue weighted by atomic mass is 32.2. The summed E-state index contributed by atoms with van der Waals surface area (Å²) >= 11 is 1.41. The molecule has 2 aromatic heterocycles. The first kappa shape index (κ1) is 20.6. The number of hydrogen-bond acceptors (Lipinski definition) is 10. The number of hydrogen-bond donors (Lipinski definition) is 0. The largest absolute Gasteiger partial charge is 0.497 e. The van der Waals surface area contributed by atoms with Crippen molar-refractivity contribution in [3.05, 3.63) is 71.7 Å². The molecule has 0 aliphatic carbocycles. The van der Waals surface area contributed by atoms with E-state index >= 15 is 0 Å². The van der Waals surface area contributed by atoms with Crippen molar-refractivity contribution in [3.63, 3.8) is 0 Å². The van der Waals surface area contributed by atoms with Crippen molar-refractivity contribution in [2.45, 2.75) is 24.2 Å². The van der Waals surface area contributed by atoms with Gasteiger partial charge in [-0.15, -0.1) is 11.8 Å². The van der Waals surface area contributed by atoms with Crippen molar-refractivity contribution < 1.29 is 23.3 Å². The van der Waals surface area contributed by atoms with E-state index in [2.05, 4.69) is 20.3 Å². The van der Waals surface area contributed by atoms with E-state index in [1.165, 1.54) is 11.8 Å². The highest BCUT2D eigenvalue weighted by Crippen LogP contribution is 2.27. The number of esters is 1. The maximum Gasteiger partial charge on any atom is 0.339 e. The van der Waals surface area contributed by atoms with Gasteiger partial charge in [0.05, 0.1) is 18.4 Å². The lowest BCUT2D eigenvalue weighted by molar-refractivity contribution is 0.0425. The van der Waals surface area contributed by atoms with Crippen LogP contribution < -0.4 is 4.74 Å². The van der Waals surface area contributed by atoms with Crippen LogP contribution in [0.2, 0.25) is 0 Å². The number of benzene rings is 2. The van der Waals surface area contributed by atoms with Gasteiger partial charge in [-0.25, -0.2) is 4.79 Å². The van der Waals surface area contributed by atoms with Gasteiger partial charge in [0.25, 0.3) is 5.89 Å². The first-order valence-corrected chi connectivity index (χ1v) is 10.3. The molecule has 0 N–H and O–H groups in total. The van der Waals surface area contributed by atoms with E-state index in [1.54, 1.807) is 38.3 Å². The fourth-order valence-electron chi connectivity index (χ4n) is 2.68. The molecule has 158 valence electrons. The summed E-state index contributed by atoms with van der Waals surface area (Å²) in [6, 6.07) is 14.4. The lowest BCUT2D eigenvalue weighted by Crippen LogP contribution is -2.07. The second kappa shape index (κ2) is 9.43. The predicted octanol–water partition coefficient (Wildman–Crippen LogP) is 4.09. The lowest BCUT2D eigenvalue weighted by Gasteiger charge is -2.07. The van der Waals surface area contributed by atoms with Crippen LogP contribution in [0, 0.1) is 6.92 Å². The summed E-state index contributed by atoms with van der Waals surface area (Å²) in [5.41, 5.74) is 1.19. The van der Waals surface area contributed by atoms with Gasteiger partial charge in [0.2, 0.25) is 11.7 Å². The zero-order chi connectivity index (χ0) is 21.6. The number of nitrogens with zero attached hydrogens (tertiary/aromatic N) is 4. The molecule has 0 saturated heterocycles. The molecule has 0 spiro atoms. The van der Waals surface area contributed by atoms with Crippen molar-refractivity contribution in [1.29, 1.82) is 0 Å². The summed E-state index contributed by atoms with van der Waals surface area (Å²) in [5.74, 6) is 2.34. The topological polar surface area (TPSA) is 113 Å². The van der Waals surface area contributed by atoms with Crippen LogP contribution in [0.3, 0.4) is 0 Å². The maximum atomic E-state index is 12.6. The first-order chi connectivity index (χ1) is 15.1. The quantitative estimate of drug-likeness (QED) is 0.294. The molecule has 31 heavy (non-hydrogen) atoms. The molecule has 2 heterocycles. The van der Waals surface area contributed by atoms with Crippen LogP contribution in [0.25, 0.3) is 11.4 Å². The number of rotatable bonds is 8. The van der Waals surface area contributed by atoms with Crippen molar-refractivity contribution in [2.24, 2.45) is 0 Å². The van der Waals surface area contributed by atoms with E-state index in [-0.39, 0.29) is 12.5 Å². The van der Waals surface area contributed by atoms with Crippen molar-refractivity contribution >= 4 is 17.7 Å². The van der Waals surface area contributed by atoms with Crippen LogP contribution in [-0.4, -0.2) is 33.4 Å². The molecule has 0 aliphatic heterocycles. The molecule has 0 unspecified atom stereocenters. The van der Waals surface area contributed by atoms with E-state index in [1.807, 2.05) is 24.3 Å². The van der Waals surface area contributed by atoms with Crippen LogP contribution in [0.15, 0.2) is 62.5 Å². The Balaban J connectivity index is 1.38. The number of aryl methyl sites for hydroxylation is 1. The maximum absolute atomic E-state index is 12.6. The summed E-state index contributed by atoms with van der Waals surface area (Å²) < 4.78 is 20.8. The minimum absolute atomic E-state index is 0.135. The number of ether oxygens (including phenoxy) is 2. The highest BCUT2D eigenvalue weighted by Gasteiger charge is 2.16. The monoisotopic (exact) mass is 438 g/mol. The predicted molar refractivity (Wildman–Crippen MR) is 110 cm³/mol. The van der Waals surface area contributed by atoms with Crippen LogP contribution in [0.5, 0.6) is 5.75 Å². The Labute approximate surface area is 181 Å². The average molecular weight is 438 g/mol. The van der Waals surface area contributed by atoms with Crippen LogP contribution >= 0.6 is 11.8 Å². The van der Waals surface area contributed by atoms with E-state index in [0.717, 1.165) is 16.2 Å².